The Morgan fingerprint density at radius 3 is 2.69 bits per heavy atom. The summed E-state index contributed by atoms with van der Waals surface area (Å²) < 4.78 is 5.25. The lowest BCUT2D eigenvalue weighted by Gasteiger charge is -2.16. The monoisotopic (exact) mass is 479 g/mol. The molecule has 1 aromatic carbocycles. The molecule has 9 heteroatoms. The van der Waals surface area contributed by atoms with Gasteiger partial charge in [0.15, 0.2) is 5.82 Å². The molecule has 36 heavy (non-hydrogen) atoms. The highest BCUT2D eigenvalue weighted by atomic mass is 16.3. The maximum Gasteiger partial charge on any atom is 0.159 e. The minimum absolute atomic E-state index is 0.385. The minimum atomic E-state index is -0.625. The number of furan rings is 1. The van der Waals surface area contributed by atoms with Crippen LogP contribution in [0, 0.1) is 5.92 Å². The molecule has 5 aromatic heterocycles. The third-order valence-corrected chi connectivity index (χ3v) is 6.11. The first kappa shape index (κ1) is 22.0. The van der Waals surface area contributed by atoms with Gasteiger partial charge in [0.2, 0.25) is 0 Å². The molecule has 0 bridgehead atoms. The van der Waals surface area contributed by atoms with E-state index >= 15 is 0 Å². The van der Waals surface area contributed by atoms with Gasteiger partial charge in [-0.1, -0.05) is 19.9 Å². The molecule has 0 saturated heterocycles. The molecule has 0 amide bonds. The van der Waals surface area contributed by atoms with Crippen LogP contribution in [0.1, 0.15) is 20.3 Å². The van der Waals surface area contributed by atoms with Crippen molar-refractivity contribution in [1.29, 1.82) is 0 Å². The van der Waals surface area contributed by atoms with E-state index < -0.39 is 6.23 Å². The molecule has 0 fully saturated rings. The third-order valence-electron chi connectivity index (χ3n) is 6.11. The molecule has 0 aliphatic carbocycles. The molecule has 5 heterocycles. The van der Waals surface area contributed by atoms with Crippen LogP contribution in [0.15, 0.2) is 72.1 Å². The molecule has 6 rings (SSSR count). The minimum Gasteiger partial charge on any atom is -0.472 e. The summed E-state index contributed by atoms with van der Waals surface area (Å²) in [6.07, 6.45) is 10.4. The third kappa shape index (κ3) is 4.09. The lowest BCUT2D eigenvalue weighted by atomic mass is 10.0. The number of fused-ring (bicyclic) bond motifs is 2. The van der Waals surface area contributed by atoms with Gasteiger partial charge in [0.05, 0.1) is 41.6 Å². The number of anilines is 1. The van der Waals surface area contributed by atoms with E-state index in [-0.39, 0.29) is 0 Å². The molecule has 0 aliphatic rings. The summed E-state index contributed by atoms with van der Waals surface area (Å²) >= 11 is 0. The molecule has 0 spiro atoms. The van der Waals surface area contributed by atoms with Crippen LogP contribution in [0.25, 0.3) is 55.7 Å². The van der Waals surface area contributed by atoms with Gasteiger partial charge in [-0.15, -0.1) is 0 Å². The zero-order valence-corrected chi connectivity index (χ0v) is 19.9. The molecular formula is C27H25N7O2. The SMILES string of the molecule is CC(C)CC(O)Nc1cncc(-c2ccc3[nH]nc(-c4nc5c(-c6ccoc6)cncc5[nH]4)c3c2)c1. The Hall–Kier alpha value is -4.50. The van der Waals surface area contributed by atoms with E-state index in [1.807, 2.05) is 30.5 Å². The first-order valence-electron chi connectivity index (χ1n) is 11.8. The van der Waals surface area contributed by atoms with Crippen molar-refractivity contribution in [3.8, 4) is 33.8 Å². The smallest absolute Gasteiger partial charge is 0.159 e. The van der Waals surface area contributed by atoms with Gasteiger partial charge < -0.3 is 19.8 Å². The normalized spacial score (nSPS) is 12.6. The fourth-order valence-corrected chi connectivity index (χ4v) is 4.42. The Labute approximate surface area is 206 Å². The van der Waals surface area contributed by atoms with Crippen LogP contribution in [0.2, 0.25) is 0 Å². The van der Waals surface area contributed by atoms with Gasteiger partial charge in [0, 0.05) is 34.5 Å². The number of pyridine rings is 2. The fraction of sp³-hybridized carbons (Fsp3) is 0.185. The van der Waals surface area contributed by atoms with Gasteiger partial charge in [-0.25, -0.2) is 4.98 Å². The number of aromatic nitrogens is 6. The summed E-state index contributed by atoms with van der Waals surface area (Å²) in [4.78, 5) is 17.0. The number of hydrogen-bond donors (Lipinski definition) is 4. The summed E-state index contributed by atoms with van der Waals surface area (Å²) in [5, 5.41) is 22.0. The van der Waals surface area contributed by atoms with Crippen LogP contribution in [0.4, 0.5) is 5.69 Å². The molecule has 1 unspecified atom stereocenters. The Morgan fingerprint density at radius 1 is 0.972 bits per heavy atom. The second-order valence-corrected chi connectivity index (χ2v) is 9.27. The van der Waals surface area contributed by atoms with E-state index in [1.54, 1.807) is 31.1 Å². The summed E-state index contributed by atoms with van der Waals surface area (Å²) in [6, 6.07) is 9.97. The molecule has 0 aliphatic heterocycles. The molecule has 6 aromatic rings. The highest BCUT2D eigenvalue weighted by molar-refractivity contribution is 5.98. The van der Waals surface area contributed by atoms with E-state index in [2.05, 4.69) is 50.4 Å². The number of rotatable bonds is 7. The zero-order valence-electron chi connectivity index (χ0n) is 19.9. The van der Waals surface area contributed by atoms with Crippen molar-refractivity contribution < 1.29 is 9.52 Å². The topological polar surface area (TPSA) is 129 Å². The maximum absolute atomic E-state index is 10.3. The number of aliphatic hydroxyl groups is 1. The summed E-state index contributed by atoms with van der Waals surface area (Å²) in [5.41, 5.74) is 7.73. The van der Waals surface area contributed by atoms with Crippen molar-refractivity contribution in [2.45, 2.75) is 26.5 Å². The summed E-state index contributed by atoms with van der Waals surface area (Å²) in [6.45, 7) is 4.15. The van der Waals surface area contributed by atoms with Crippen molar-refractivity contribution in [3.05, 3.63) is 67.6 Å². The predicted molar refractivity (Wildman–Crippen MR) is 139 cm³/mol. The quantitative estimate of drug-likeness (QED) is 0.219. The number of aromatic amines is 2. The van der Waals surface area contributed by atoms with Crippen LogP contribution >= 0.6 is 0 Å². The number of H-pyrrole nitrogens is 2. The standard InChI is InChI=1S/C27H25N7O2/c1-15(2)7-24(35)30-19-8-18(10-28-11-19)16-3-4-22-20(9-16)26(34-33-22)27-31-23-13-29-12-21(25(23)32-27)17-5-6-36-14-17/h3-6,8-15,24,30,35H,7H2,1-2H3,(H,31,32)(H,33,34). The lowest BCUT2D eigenvalue weighted by Crippen LogP contribution is -2.20. The summed E-state index contributed by atoms with van der Waals surface area (Å²) in [5.74, 6) is 1.03. The van der Waals surface area contributed by atoms with Crippen molar-refractivity contribution in [1.82, 2.24) is 30.1 Å². The van der Waals surface area contributed by atoms with Crippen LogP contribution in [-0.4, -0.2) is 41.5 Å². The van der Waals surface area contributed by atoms with Gasteiger partial charge in [-0.05, 0) is 42.2 Å². The second-order valence-electron chi connectivity index (χ2n) is 9.27. The highest BCUT2D eigenvalue weighted by Gasteiger charge is 2.17. The number of benzene rings is 1. The van der Waals surface area contributed by atoms with Crippen LogP contribution in [-0.2, 0) is 0 Å². The molecule has 0 saturated carbocycles. The number of aliphatic hydroxyl groups excluding tert-OH is 1. The molecule has 9 nitrogen and oxygen atoms in total. The van der Waals surface area contributed by atoms with E-state index in [1.165, 1.54) is 0 Å². The molecule has 180 valence electrons. The maximum atomic E-state index is 10.3. The van der Waals surface area contributed by atoms with Gasteiger partial charge in [-0.3, -0.25) is 15.1 Å². The zero-order chi connectivity index (χ0) is 24.6. The number of nitrogens with zero attached hydrogens (tertiary/aromatic N) is 4. The van der Waals surface area contributed by atoms with Crippen molar-refractivity contribution >= 4 is 27.6 Å². The van der Waals surface area contributed by atoms with Crippen molar-refractivity contribution in [3.63, 3.8) is 0 Å². The molecule has 1 atom stereocenters. The first-order valence-corrected chi connectivity index (χ1v) is 11.8. The van der Waals surface area contributed by atoms with Gasteiger partial charge in [0.25, 0.3) is 0 Å². The Kier molecular flexibility index (Phi) is 5.46. The van der Waals surface area contributed by atoms with E-state index in [9.17, 15) is 5.11 Å². The van der Waals surface area contributed by atoms with Crippen LogP contribution in [0.5, 0.6) is 0 Å². The first-order chi connectivity index (χ1) is 17.5. The van der Waals surface area contributed by atoms with Crippen molar-refractivity contribution in [2.75, 3.05) is 5.32 Å². The average molecular weight is 480 g/mol. The van der Waals surface area contributed by atoms with Gasteiger partial charge in [-0.2, -0.15) is 5.10 Å². The lowest BCUT2D eigenvalue weighted by molar-refractivity contribution is 0.176. The molecule has 4 N–H and O–H groups in total. The number of imidazole rings is 1. The highest BCUT2D eigenvalue weighted by Crippen LogP contribution is 2.33. The predicted octanol–water partition coefficient (Wildman–Crippen LogP) is 5.60. The average Bonchev–Trinajstić information content (AvgIpc) is 3.62. The fourth-order valence-electron chi connectivity index (χ4n) is 4.42. The van der Waals surface area contributed by atoms with Crippen LogP contribution < -0.4 is 5.32 Å². The summed E-state index contributed by atoms with van der Waals surface area (Å²) in [7, 11) is 0. The van der Waals surface area contributed by atoms with Gasteiger partial charge >= 0.3 is 0 Å². The van der Waals surface area contributed by atoms with E-state index in [4.69, 9.17) is 9.40 Å². The largest absolute Gasteiger partial charge is 0.472 e. The second kappa shape index (κ2) is 8.94. The Balaban J connectivity index is 1.37. The van der Waals surface area contributed by atoms with Crippen molar-refractivity contribution in [2.24, 2.45) is 5.92 Å². The molecule has 0 radical (unpaired) electrons. The van der Waals surface area contributed by atoms with Crippen LogP contribution in [0.3, 0.4) is 0 Å². The van der Waals surface area contributed by atoms with E-state index in [0.29, 0.717) is 18.2 Å². The number of nitrogens with one attached hydrogen (secondary N) is 3. The Bertz CT molecular complexity index is 1650. The molecular weight excluding hydrogens is 454 g/mol. The van der Waals surface area contributed by atoms with Gasteiger partial charge in [0.1, 0.15) is 17.4 Å². The Morgan fingerprint density at radius 2 is 1.86 bits per heavy atom. The number of hydrogen-bond acceptors (Lipinski definition) is 7. The van der Waals surface area contributed by atoms with E-state index in [0.717, 1.165) is 55.6 Å².